The molecule has 0 saturated carbocycles. The minimum absolute atomic E-state index is 0.0181. The maximum absolute atomic E-state index is 11.9. The average molecular weight is 341 g/mol. The topological polar surface area (TPSA) is 67.0 Å². The Labute approximate surface area is 144 Å². The van der Waals surface area contributed by atoms with Gasteiger partial charge in [0, 0.05) is 18.7 Å². The van der Waals surface area contributed by atoms with Gasteiger partial charge in [-0.05, 0) is 36.1 Å². The second kappa shape index (κ2) is 7.79. The van der Waals surface area contributed by atoms with Crippen LogP contribution in [-0.2, 0) is 11.2 Å². The molecule has 0 bridgehead atoms. The Morgan fingerprint density at radius 1 is 1.33 bits per heavy atom. The number of ether oxygens (including phenoxy) is 1. The Morgan fingerprint density at radius 2 is 2.25 bits per heavy atom. The molecule has 0 aliphatic rings. The number of aromatic nitrogens is 2. The van der Waals surface area contributed by atoms with Crippen LogP contribution in [0.4, 0.5) is 0 Å². The van der Waals surface area contributed by atoms with Crippen molar-refractivity contribution in [3.8, 4) is 16.3 Å². The summed E-state index contributed by atoms with van der Waals surface area (Å²) >= 11 is 1.65. The SMILES string of the molecule is Cc1cccc(OCC(=O)NCCc2[nH]cnc2-c2cccs2)c1. The molecule has 0 unspecified atom stereocenters. The Balaban J connectivity index is 1.45. The molecule has 24 heavy (non-hydrogen) atoms. The van der Waals surface area contributed by atoms with Crippen LogP contribution >= 0.6 is 11.3 Å². The summed E-state index contributed by atoms with van der Waals surface area (Å²) in [5, 5.41) is 4.90. The van der Waals surface area contributed by atoms with Crippen molar-refractivity contribution in [1.29, 1.82) is 0 Å². The molecular formula is C18H19N3O2S. The zero-order valence-corrected chi connectivity index (χ0v) is 14.2. The fourth-order valence-electron chi connectivity index (χ4n) is 2.37. The highest BCUT2D eigenvalue weighted by Crippen LogP contribution is 2.25. The Bertz CT molecular complexity index is 796. The summed E-state index contributed by atoms with van der Waals surface area (Å²) in [4.78, 5) is 20.5. The van der Waals surface area contributed by atoms with E-state index in [4.69, 9.17) is 4.74 Å². The van der Waals surface area contributed by atoms with Crippen molar-refractivity contribution in [1.82, 2.24) is 15.3 Å². The van der Waals surface area contributed by atoms with Crippen LogP contribution in [0.25, 0.3) is 10.6 Å². The van der Waals surface area contributed by atoms with Crippen LogP contribution in [0.15, 0.2) is 48.1 Å². The number of nitrogens with zero attached hydrogens (tertiary/aromatic N) is 1. The van der Waals surface area contributed by atoms with E-state index in [-0.39, 0.29) is 12.5 Å². The Morgan fingerprint density at radius 3 is 3.04 bits per heavy atom. The zero-order valence-electron chi connectivity index (χ0n) is 13.4. The number of aromatic amines is 1. The van der Waals surface area contributed by atoms with Gasteiger partial charge in [-0.2, -0.15) is 0 Å². The molecule has 6 heteroatoms. The van der Waals surface area contributed by atoms with Gasteiger partial charge in [-0.1, -0.05) is 18.2 Å². The predicted octanol–water partition coefficient (Wildman–Crippen LogP) is 3.18. The lowest BCUT2D eigenvalue weighted by Gasteiger charge is -2.08. The average Bonchev–Trinajstić information content (AvgIpc) is 3.24. The van der Waals surface area contributed by atoms with Gasteiger partial charge in [-0.15, -0.1) is 11.3 Å². The second-order valence-electron chi connectivity index (χ2n) is 5.41. The third-order valence-corrected chi connectivity index (χ3v) is 4.41. The molecule has 3 aromatic rings. The summed E-state index contributed by atoms with van der Waals surface area (Å²) in [7, 11) is 0. The van der Waals surface area contributed by atoms with Crippen LogP contribution in [0.2, 0.25) is 0 Å². The highest BCUT2D eigenvalue weighted by atomic mass is 32.1. The van der Waals surface area contributed by atoms with Crippen LogP contribution in [-0.4, -0.2) is 29.0 Å². The van der Waals surface area contributed by atoms with Gasteiger partial charge in [0.05, 0.1) is 11.2 Å². The van der Waals surface area contributed by atoms with E-state index >= 15 is 0 Å². The number of nitrogens with one attached hydrogen (secondary N) is 2. The van der Waals surface area contributed by atoms with Crippen molar-refractivity contribution in [2.45, 2.75) is 13.3 Å². The Kier molecular flexibility index (Phi) is 5.28. The normalized spacial score (nSPS) is 10.5. The highest BCUT2D eigenvalue weighted by Gasteiger charge is 2.09. The molecule has 2 N–H and O–H groups in total. The summed E-state index contributed by atoms with van der Waals surface area (Å²) in [5.74, 6) is 0.576. The molecule has 0 fully saturated rings. The first-order chi connectivity index (χ1) is 11.7. The molecule has 0 atom stereocenters. The molecule has 124 valence electrons. The van der Waals surface area contributed by atoms with Crippen LogP contribution in [0.3, 0.4) is 0 Å². The number of rotatable bonds is 7. The van der Waals surface area contributed by atoms with Gasteiger partial charge in [0.25, 0.3) is 5.91 Å². The summed E-state index contributed by atoms with van der Waals surface area (Å²) in [6, 6.07) is 11.7. The van der Waals surface area contributed by atoms with Gasteiger partial charge in [0.15, 0.2) is 6.61 Å². The first-order valence-corrected chi connectivity index (χ1v) is 8.62. The van der Waals surface area contributed by atoms with Crippen LogP contribution in [0.1, 0.15) is 11.3 Å². The van der Waals surface area contributed by atoms with E-state index in [1.807, 2.05) is 48.7 Å². The van der Waals surface area contributed by atoms with E-state index < -0.39 is 0 Å². The van der Waals surface area contributed by atoms with E-state index in [9.17, 15) is 4.79 Å². The number of hydrogen-bond donors (Lipinski definition) is 2. The minimum atomic E-state index is -0.131. The number of amides is 1. The molecule has 0 saturated heterocycles. The quantitative estimate of drug-likeness (QED) is 0.693. The van der Waals surface area contributed by atoms with Crippen molar-refractivity contribution in [2.75, 3.05) is 13.2 Å². The van der Waals surface area contributed by atoms with Crippen molar-refractivity contribution < 1.29 is 9.53 Å². The lowest BCUT2D eigenvalue weighted by molar-refractivity contribution is -0.123. The Hall–Kier alpha value is -2.60. The number of hydrogen-bond acceptors (Lipinski definition) is 4. The van der Waals surface area contributed by atoms with Crippen LogP contribution in [0.5, 0.6) is 5.75 Å². The van der Waals surface area contributed by atoms with Gasteiger partial charge >= 0.3 is 0 Å². The van der Waals surface area contributed by atoms with Crippen molar-refractivity contribution in [3.63, 3.8) is 0 Å². The zero-order chi connectivity index (χ0) is 16.8. The molecular weight excluding hydrogens is 322 g/mol. The number of carbonyl (C=O) groups excluding carboxylic acids is 1. The van der Waals surface area contributed by atoms with Gasteiger partial charge in [-0.3, -0.25) is 4.79 Å². The smallest absolute Gasteiger partial charge is 0.257 e. The predicted molar refractivity (Wildman–Crippen MR) is 95.3 cm³/mol. The fraction of sp³-hybridized carbons (Fsp3) is 0.222. The van der Waals surface area contributed by atoms with E-state index in [2.05, 4.69) is 15.3 Å². The number of H-pyrrole nitrogens is 1. The van der Waals surface area contributed by atoms with E-state index in [1.54, 1.807) is 17.7 Å². The molecule has 5 nitrogen and oxygen atoms in total. The van der Waals surface area contributed by atoms with E-state index in [0.717, 1.165) is 21.8 Å². The molecule has 0 radical (unpaired) electrons. The summed E-state index contributed by atoms with van der Waals surface area (Å²) in [6.07, 6.45) is 2.39. The third kappa shape index (κ3) is 4.23. The lowest BCUT2D eigenvalue weighted by atomic mass is 10.2. The number of carbonyl (C=O) groups is 1. The van der Waals surface area contributed by atoms with Gasteiger partial charge in [0.1, 0.15) is 11.4 Å². The first kappa shape index (κ1) is 16.3. The minimum Gasteiger partial charge on any atom is -0.484 e. The van der Waals surface area contributed by atoms with Gasteiger partial charge < -0.3 is 15.0 Å². The number of thiophene rings is 1. The fourth-order valence-corrected chi connectivity index (χ4v) is 3.12. The molecule has 1 aromatic carbocycles. The largest absolute Gasteiger partial charge is 0.484 e. The molecule has 0 aliphatic carbocycles. The lowest BCUT2D eigenvalue weighted by Crippen LogP contribution is -2.30. The standard InChI is InChI=1S/C18H19N3O2S/c1-13-4-2-5-14(10-13)23-11-17(22)19-8-7-15-18(21-12-20-15)16-6-3-9-24-16/h2-6,9-10,12H,7-8,11H2,1H3,(H,19,22)(H,20,21). The number of aryl methyl sites for hydroxylation is 1. The van der Waals surface area contributed by atoms with E-state index in [1.165, 1.54) is 0 Å². The maximum Gasteiger partial charge on any atom is 0.257 e. The molecule has 0 spiro atoms. The molecule has 2 aromatic heterocycles. The summed E-state index contributed by atoms with van der Waals surface area (Å²) in [6.45, 7) is 2.54. The van der Waals surface area contributed by atoms with Crippen molar-refractivity contribution in [2.24, 2.45) is 0 Å². The summed E-state index contributed by atoms with van der Waals surface area (Å²) in [5.41, 5.74) is 3.08. The number of benzene rings is 1. The van der Waals surface area contributed by atoms with E-state index in [0.29, 0.717) is 18.7 Å². The number of imidazole rings is 1. The first-order valence-electron chi connectivity index (χ1n) is 7.74. The van der Waals surface area contributed by atoms with Crippen LogP contribution in [0, 0.1) is 6.92 Å². The molecule has 3 rings (SSSR count). The maximum atomic E-state index is 11.9. The molecule has 0 aliphatic heterocycles. The third-order valence-electron chi connectivity index (χ3n) is 3.53. The molecule has 2 heterocycles. The van der Waals surface area contributed by atoms with Crippen molar-refractivity contribution in [3.05, 3.63) is 59.4 Å². The monoisotopic (exact) mass is 341 g/mol. The van der Waals surface area contributed by atoms with Crippen LogP contribution < -0.4 is 10.1 Å². The second-order valence-corrected chi connectivity index (χ2v) is 6.36. The van der Waals surface area contributed by atoms with Gasteiger partial charge in [0.2, 0.25) is 0 Å². The van der Waals surface area contributed by atoms with Crippen molar-refractivity contribution >= 4 is 17.2 Å². The molecule has 1 amide bonds. The summed E-state index contributed by atoms with van der Waals surface area (Å²) < 4.78 is 5.49. The highest BCUT2D eigenvalue weighted by molar-refractivity contribution is 7.13. The van der Waals surface area contributed by atoms with Gasteiger partial charge in [-0.25, -0.2) is 4.98 Å².